The van der Waals surface area contributed by atoms with Crippen LogP contribution in [0.4, 0.5) is 22.7 Å². The molecule has 9 rings (SSSR count). The summed E-state index contributed by atoms with van der Waals surface area (Å²) in [4.78, 5) is 5.27. The Bertz CT molecular complexity index is 2920. The van der Waals surface area contributed by atoms with E-state index in [-0.39, 0.29) is 10.8 Å². The van der Waals surface area contributed by atoms with Gasteiger partial charge < -0.3 is 9.80 Å². The minimum Gasteiger partial charge on any atom is -0.344 e. The molecule has 3 heteroatoms. The van der Waals surface area contributed by atoms with Crippen molar-refractivity contribution in [3.63, 3.8) is 0 Å². The van der Waals surface area contributed by atoms with E-state index in [9.17, 15) is 0 Å². The number of unbranched alkanes of at least 4 members (excludes halogenated alkanes) is 14. The fourth-order valence-corrected chi connectivity index (χ4v) is 12.8. The van der Waals surface area contributed by atoms with Crippen molar-refractivity contribution in [2.45, 2.75) is 174 Å². The van der Waals surface area contributed by atoms with E-state index in [0.717, 1.165) is 32.4 Å². The van der Waals surface area contributed by atoms with E-state index in [4.69, 9.17) is 0 Å². The van der Waals surface area contributed by atoms with Crippen LogP contribution in [0.2, 0.25) is 0 Å². The third-order valence-electron chi connectivity index (χ3n) is 16.6. The smallest absolute Gasteiger partial charge is 0.210 e. The number of fused-ring (bicyclic) bond motifs is 6. The van der Waals surface area contributed by atoms with Crippen molar-refractivity contribution in [3.8, 4) is 0 Å². The zero-order valence-electron chi connectivity index (χ0n) is 45.7. The first kappa shape index (κ1) is 52.0. The Kier molecular flexibility index (Phi) is 17.4. The zero-order chi connectivity index (χ0) is 50.6. The molecule has 0 N–H and O–H groups in total. The van der Waals surface area contributed by atoms with E-state index >= 15 is 0 Å². The summed E-state index contributed by atoms with van der Waals surface area (Å²) < 4.78 is 2.70. The molecule has 380 valence electrons. The average Bonchev–Trinajstić information content (AvgIpc) is 3.78. The third-order valence-corrected chi connectivity index (χ3v) is 16.6. The van der Waals surface area contributed by atoms with Gasteiger partial charge in [0.2, 0.25) is 5.69 Å². The predicted molar refractivity (Wildman–Crippen MR) is 318 cm³/mol. The van der Waals surface area contributed by atoms with Crippen molar-refractivity contribution in [3.05, 3.63) is 191 Å². The van der Waals surface area contributed by atoms with Crippen LogP contribution >= 0.6 is 0 Å². The van der Waals surface area contributed by atoms with Crippen LogP contribution in [0.5, 0.6) is 0 Å². The monoisotopic (exact) mass is 969 g/mol. The number of hydrogen-bond donors (Lipinski definition) is 0. The molecular weight excluding hydrogens is 883 g/mol. The van der Waals surface area contributed by atoms with E-state index in [1.807, 2.05) is 0 Å². The van der Waals surface area contributed by atoms with Crippen LogP contribution in [-0.2, 0) is 10.8 Å². The second kappa shape index (κ2) is 24.4. The van der Waals surface area contributed by atoms with Crippen LogP contribution in [-0.4, -0.2) is 23.4 Å². The first-order chi connectivity index (χ1) is 35.7. The molecule has 1 aliphatic carbocycles. The molecule has 3 nitrogen and oxygen atoms in total. The Labute approximate surface area is 441 Å². The minimum absolute atomic E-state index is 0.171. The molecule has 2 heterocycles. The molecule has 3 aliphatic rings. The highest BCUT2D eigenvalue weighted by Gasteiger charge is 2.46. The fraction of sp³-hybridized carbons (Fsp3) is 0.414. The first-order valence-electron chi connectivity index (χ1n) is 28.9. The number of allylic oxidation sites excluding steroid dienone is 7. The van der Waals surface area contributed by atoms with Crippen LogP contribution in [0.1, 0.15) is 175 Å². The Morgan fingerprint density at radius 1 is 0.507 bits per heavy atom. The summed E-state index contributed by atoms with van der Waals surface area (Å²) >= 11 is 0. The number of para-hydroxylation sites is 2. The molecule has 0 spiro atoms. The summed E-state index contributed by atoms with van der Waals surface area (Å²) in [7, 11) is 0. The Hall–Kier alpha value is -5.93. The molecule has 2 aliphatic heterocycles. The second-order valence-corrected chi connectivity index (χ2v) is 22.6. The van der Waals surface area contributed by atoms with Gasteiger partial charge in [0.25, 0.3) is 0 Å². The quantitative estimate of drug-likeness (QED) is 0.0442. The molecular formula is C70H86N3+. The molecule has 0 fully saturated rings. The summed E-state index contributed by atoms with van der Waals surface area (Å²) in [6, 6.07) is 49.9. The summed E-state index contributed by atoms with van der Waals surface area (Å²) in [6.45, 7) is 16.6. The SMILES string of the molecule is CCCCCCCCCCN1/C(=C/C=C2\CCCC(/C=C/C3=[N+](CCCCCCCCCC)c4ccc5ccccc5c4C3(C)C)=C2N(c2ccccc2)c2ccccc2)C(C)(C)c2c1ccc1ccccc21. The van der Waals surface area contributed by atoms with Crippen LogP contribution in [0.3, 0.4) is 0 Å². The van der Waals surface area contributed by atoms with Crippen molar-refractivity contribution in [2.24, 2.45) is 0 Å². The van der Waals surface area contributed by atoms with E-state index in [0.29, 0.717) is 0 Å². The van der Waals surface area contributed by atoms with Gasteiger partial charge >= 0.3 is 0 Å². The number of hydrogen-bond acceptors (Lipinski definition) is 2. The number of rotatable bonds is 24. The maximum atomic E-state index is 2.70. The highest BCUT2D eigenvalue weighted by Crippen LogP contribution is 2.52. The Morgan fingerprint density at radius 2 is 1.04 bits per heavy atom. The Morgan fingerprint density at radius 3 is 1.66 bits per heavy atom. The molecule has 6 aromatic carbocycles. The van der Waals surface area contributed by atoms with E-state index in [1.165, 1.54) is 186 Å². The van der Waals surface area contributed by atoms with Crippen molar-refractivity contribution in [1.29, 1.82) is 0 Å². The lowest BCUT2D eigenvalue weighted by Gasteiger charge is -2.34. The molecule has 0 saturated heterocycles. The molecule has 73 heavy (non-hydrogen) atoms. The van der Waals surface area contributed by atoms with Crippen molar-refractivity contribution < 1.29 is 4.58 Å². The van der Waals surface area contributed by atoms with E-state index < -0.39 is 0 Å². The van der Waals surface area contributed by atoms with Crippen molar-refractivity contribution >= 4 is 50.0 Å². The average molecular weight is 969 g/mol. The van der Waals surface area contributed by atoms with E-state index in [1.54, 1.807) is 0 Å². The normalized spacial score (nSPS) is 17.3. The maximum absolute atomic E-state index is 2.70. The summed E-state index contributed by atoms with van der Waals surface area (Å²) in [5.74, 6) is 0. The lowest BCUT2D eigenvalue weighted by Crippen LogP contribution is -2.28. The van der Waals surface area contributed by atoms with Crippen LogP contribution in [0.15, 0.2) is 180 Å². The van der Waals surface area contributed by atoms with Gasteiger partial charge in [0, 0.05) is 58.8 Å². The summed E-state index contributed by atoms with van der Waals surface area (Å²) in [5, 5.41) is 5.41. The lowest BCUT2D eigenvalue weighted by atomic mass is 9.78. The van der Waals surface area contributed by atoms with Crippen LogP contribution in [0, 0.1) is 0 Å². The summed E-state index contributed by atoms with van der Waals surface area (Å²) in [6.07, 6.45) is 34.4. The molecule has 0 aromatic heterocycles. The third kappa shape index (κ3) is 11.4. The van der Waals surface area contributed by atoms with Gasteiger partial charge in [0.1, 0.15) is 6.54 Å². The topological polar surface area (TPSA) is 9.49 Å². The highest BCUT2D eigenvalue weighted by atomic mass is 15.2. The number of nitrogens with zero attached hydrogens (tertiary/aromatic N) is 3. The summed E-state index contributed by atoms with van der Waals surface area (Å²) in [5.41, 5.74) is 14.7. The standard InChI is InChI=1S/C70H86N3/c1-7-9-11-13-15-17-19-31-52-71-62-48-44-54-34-27-29-42-60(54)66(62)69(3,4)64(71)50-46-56-36-33-37-57(68(56)73(58-38-23-21-24-39-58)59-40-25-22-26-41-59)47-51-65-70(5,6)67-61-43-30-28-35-55(61)45-49-63(67)72(65)53-32-20-18-16-14-12-10-8-2/h21-30,34-35,38-51H,7-20,31-33,36-37,52-53H2,1-6H3/q+1. The van der Waals surface area contributed by atoms with Crippen LogP contribution in [0.25, 0.3) is 21.5 Å². The molecule has 6 aromatic rings. The first-order valence-corrected chi connectivity index (χ1v) is 28.9. The van der Waals surface area contributed by atoms with Crippen molar-refractivity contribution in [2.75, 3.05) is 22.9 Å². The van der Waals surface area contributed by atoms with Crippen molar-refractivity contribution in [1.82, 2.24) is 0 Å². The molecule has 0 amide bonds. The molecule has 0 saturated carbocycles. The van der Waals surface area contributed by atoms with Gasteiger partial charge in [-0.15, -0.1) is 0 Å². The lowest BCUT2D eigenvalue weighted by molar-refractivity contribution is -0.438. The second-order valence-electron chi connectivity index (χ2n) is 22.6. The molecule has 0 atom stereocenters. The number of anilines is 3. The van der Waals surface area contributed by atoms with Gasteiger partial charge in [-0.3, -0.25) is 0 Å². The van der Waals surface area contributed by atoms with Gasteiger partial charge in [0.05, 0.1) is 11.1 Å². The van der Waals surface area contributed by atoms with Gasteiger partial charge in [-0.1, -0.05) is 214 Å². The minimum atomic E-state index is -0.171. The van der Waals surface area contributed by atoms with E-state index in [2.05, 4.69) is 214 Å². The van der Waals surface area contributed by atoms with Gasteiger partial charge in [-0.2, -0.15) is 4.58 Å². The van der Waals surface area contributed by atoms with Gasteiger partial charge in [-0.05, 0) is 127 Å². The molecule has 0 radical (unpaired) electrons. The fourth-order valence-electron chi connectivity index (χ4n) is 12.8. The zero-order valence-corrected chi connectivity index (χ0v) is 45.7. The molecule has 0 bridgehead atoms. The largest absolute Gasteiger partial charge is 0.344 e. The number of benzene rings is 6. The van der Waals surface area contributed by atoms with Crippen LogP contribution < -0.4 is 9.80 Å². The van der Waals surface area contributed by atoms with Gasteiger partial charge in [0.15, 0.2) is 5.71 Å². The maximum Gasteiger partial charge on any atom is 0.210 e. The van der Waals surface area contributed by atoms with Gasteiger partial charge in [-0.25, -0.2) is 0 Å². The Balaban J connectivity index is 1.14. The highest BCUT2D eigenvalue weighted by molar-refractivity contribution is 6.08. The molecule has 0 unspecified atom stereocenters. The predicted octanol–water partition coefficient (Wildman–Crippen LogP) is 20.1.